The molecule has 2 heterocycles. The normalized spacial score (nSPS) is 19.4. The molecule has 1 atom stereocenters. The Kier molecular flexibility index (Phi) is 5.92. The average molecular weight is 435 g/mol. The molecular formula is C25H30N4OS. The number of benzene rings is 2. The highest BCUT2D eigenvalue weighted by atomic mass is 32.1. The lowest BCUT2D eigenvalue weighted by Crippen LogP contribution is -2.47. The van der Waals surface area contributed by atoms with Gasteiger partial charge in [-0.2, -0.15) is 4.37 Å². The topological polar surface area (TPSA) is 48.5 Å². The number of nitrogens with one attached hydrogen (secondary N) is 1. The van der Waals surface area contributed by atoms with Gasteiger partial charge in [-0.15, -0.1) is 0 Å². The second-order valence-corrected chi connectivity index (χ2v) is 9.63. The van der Waals surface area contributed by atoms with Gasteiger partial charge in [0, 0.05) is 51.1 Å². The van der Waals surface area contributed by atoms with Crippen molar-refractivity contribution < 1.29 is 4.79 Å². The standard InChI is InChI=1S/C25H30N4OS/c1-18(30)26-22-9-8-20-16-19(6-7-21(20)17-22)10-11-28-12-14-29(15-13-28)25-23-4-2-3-5-24(23)31-27-25/h2-7,16,22H,8-15,17H2,1H3,(H,26,30). The van der Waals surface area contributed by atoms with Crippen LogP contribution in [0.2, 0.25) is 0 Å². The molecule has 1 fully saturated rings. The maximum atomic E-state index is 11.3. The van der Waals surface area contributed by atoms with E-state index in [0.717, 1.165) is 64.2 Å². The zero-order valence-electron chi connectivity index (χ0n) is 18.1. The van der Waals surface area contributed by atoms with Gasteiger partial charge in [-0.25, -0.2) is 0 Å². The summed E-state index contributed by atoms with van der Waals surface area (Å²) in [6.45, 7) is 6.99. The SMILES string of the molecule is CC(=O)NC1CCc2cc(CCN3CCN(c4nsc5ccccc45)CC3)ccc2C1. The molecule has 1 N–H and O–H groups in total. The van der Waals surface area contributed by atoms with Crippen molar-refractivity contribution >= 4 is 33.3 Å². The maximum absolute atomic E-state index is 11.3. The van der Waals surface area contributed by atoms with E-state index in [0.29, 0.717) is 6.04 Å². The van der Waals surface area contributed by atoms with Crippen LogP contribution in [0, 0.1) is 0 Å². The van der Waals surface area contributed by atoms with Crippen LogP contribution >= 0.6 is 11.5 Å². The second kappa shape index (κ2) is 8.97. The van der Waals surface area contributed by atoms with Gasteiger partial charge in [0.2, 0.25) is 5.91 Å². The summed E-state index contributed by atoms with van der Waals surface area (Å²) in [4.78, 5) is 16.4. The van der Waals surface area contributed by atoms with E-state index in [-0.39, 0.29) is 5.91 Å². The summed E-state index contributed by atoms with van der Waals surface area (Å²) in [5.74, 6) is 1.24. The number of aromatic nitrogens is 1. The number of nitrogens with zero attached hydrogens (tertiary/aromatic N) is 3. The number of anilines is 1. The van der Waals surface area contributed by atoms with Crippen LogP contribution in [-0.4, -0.2) is 53.9 Å². The van der Waals surface area contributed by atoms with Crippen LogP contribution in [0.4, 0.5) is 5.82 Å². The molecule has 1 unspecified atom stereocenters. The fraction of sp³-hybridized carbons (Fsp3) is 0.440. The minimum Gasteiger partial charge on any atom is -0.353 e. The summed E-state index contributed by atoms with van der Waals surface area (Å²) in [5, 5.41) is 4.36. The molecule has 1 saturated heterocycles. The molecule has 162 valence electrons. The van der Waals surface area contributed by atoms with Gasteiger partial charge < -0.3 is 10.2 Å². The molecule has 6 heteroatoms. The van der Waals surface area contributed by atoms with E-state index in [9.17, 15) is 4.79 Å². The molecule has 0 spiro atoms. The highest BCUT2D eigenvalue weighted by Crippen LogP contribution is 2.30. The van der Waals surface area contributed by atoms with Gasteiger partial charge in [0.1, 0.15) is 5.82 Å². The highest BCUT2D eigenvalue weighted by Gasteiger charge is 2.22. The van der Waals surface area contributed by atoms with Crippen molar-refractivity contribution in [3.63, 3.8) is 0 Å². The predicted molar refractivity (Wildman–Crippen MR) is 128 cm³/mol. The van der Waals surface area contributed by atoms with Gasteiger partial charge in [0.05, 0.1) is 4.70 Å². The lowest BCUT2D eigenvalue weighted by molar-refractivity contribution is -0.119. The quantitative estimate of drug-likeness (QED) is 0.666. The Hall–Kier alpha value is -2.44. The number of hydrogen-bond acceptors (Lipinski definition) is 5. The molecule has 31 heavy (non-hydrogen) atoms. The zero-order valence-corrected chi connectivity index (χ0v) is 19.0. The van der Waals surface area contributed by atoms with E-state index in [1.807, 2.05) is 0 Å². The van der Waals surface area contributed by atoms with Gasteiger partial charge >= 0.3 is 0 Å². The minimum atomic E-state index is 0.0770. The monoisotopic (exact) mass is 434 g/mol. The molecule has 5 rings (SSSR count). The van der Waals surface area contributed by atoms with Crippen LogP contribution in [0.3, 0.4) is 0 Å². The van der Waals surface area contributed by atoms with Crippen molar-refractivity contribution in [3.8, 4) is 0 Å². The summed E-state index contributed by atoms with van der Waals surface area (Å²) in [6, 6.07) is 15.8. The summed E-state index contributed by atoms with van der Waals surface area (Å²) in [7, 11) is 0. The van der Waals surface area contributed by atoms with Crippen LogP contribution < -0.4 is 10.2 Å². The van der Waals surface area contributed by atoms with Crippen molar-refractivity contribution in [3.05, 3.63) is 59.2 Å². The van der Waals surface area contributed by atoms with Crippen LogP contribution in [0.25, 0.3) is 10.1 Å². The summed E-state index contributed by atoms with van der Waals surface area (Å²) < 4.78 is 6.00. The van der Waals surface area contributed by atoms with E-state index in [1.165, 1.54) is 26.8 Å². The third-order valence-electron chi connectivity index (χ3n) is 6.65. The first-order valence-electron chi connectivity index (χ1n) is 11.4. The molecule has 1 aromatic heterocycles. The predicted octanol–water partition coefficient (Wildman–Crippen LogP) is 3.65. The lowest BCUT2D eigenvalue weighted by Gasteiger charge is -2.35. The number of aryl methyl sites for hydroxylation is 1. The highest BCUT2D eigenvalue weighted by molar-refractivity contribution is 7.13. The number of fused-ring (bicyclic) bond motifs is 2. The Morgan fingerprint density at radius 3 is 2.81 bits per heavy atom. The van der Waals surface area contributed by atoms with Crippen LogP contribution in [-0.2, 0) is 24.1 Å². The Morgan fingerprint density at radius 1 is 1.13 bits per heavy atom. The maximum Gasteiger partial charge on any atom is 0.217 e. The van der Waals surface area contributed by atoms with Gasteiger partial charge in [-0.1, -0.05) is 30.3 Å². The second-order valence-electron chi connectivity index (χ2n) is 8.82. The van der Waals surface area contributed by atoms with E-state index in [1.54, 1.807) is 18.5 Å². The molecule has 1 amide bonds. The van der Waals surface area contributed by atoms with E-state index >= 15 is 0 Å². The smallest absolute Gasteiger partial charge is 0.217 e. The number of amides is 1. The van der Waals surface area contributed by atoms with Crippen molar-refractivity contribution in [2.75, 3.05) is 37.6 Å². The Bertz CT molecular complexity index is 1070. The Morgan fingerprint density at radius 2 is 1.97 bits per heavy atom. The largest absolute Gasteiger partial charge is 0.353 e. The van der Waals surface area contributed by atoms with Gasteiger partial charge in [-0.3, -0.25) is 9.69 Å². The van der Waals surface area contributed by atoms with Crippen LogP contribution in [0.1, 0.15) is 30.0 Å². The van der Waals surface area contributed by atoms with Crippen LogP contribution in [0.5, 0.6) is 0 Å². The van der Waals surface area contributed by atoms with Crippen molar-refractivity contribution in [2.45, 2.75) is 38.6 Å². The van der Waals surface area contributed by atoms with E-state index < -0.39 is 0 Å². The fourth-order valence-electron chi connectivity index (χ4n) is 4.95. The third kappa shape index (κ3) is 4.60. The molecule has 3 aromatic rings. The third-order valence-corrected chi connectivity index (χ3v) is 7.47. The molecule has 0 bridgehead atoms. The number of carbonyl (C=O) groups is 1. The number of piperazine rings is 1. The van der Waals surface area contributed by atoms with Crippen molar-refractivity contribution in [1.82, 2.24) is 14.6 Å². The summed E-state index contributed by atoms with van der Waals surface area (Å²) >= 11 is 1.60. The zero-order chi connectivity index (χ0) is 21.2. The number of carbonyl (C=O) groups excluding carboxylic acids is 1. The van der Waals surface area contributed by atoms with E-state index in [2.05, 4.69) is 57.6 Å². The summed E-state index contributed by atoms with van der Waals surface area (Å²) in [5.41, 5.74) is 4.31. The fourth-order valence-corrected chi connectivity index (χ4v) is 5.74. The van der Waals surface area contributed by atoms with Crippen molar-refractivity contribution in [1.29, 1.82) is 0 Å². The molecule has 0 saturated carbocycles. The van der Waals surface area contributed by atoms with Gasteiger partial charge in [0.15, 0.2) is 0 Å². The van der Waals surface area contributed by atoms with E-state index in [4.69, 9.17) is 4.37 Å². The molecule has 0 radical (unpaired) electrons. The first-order chi connectivity index (χ1) is 15.2. The lowest BCUT2D eigenvalue weighted by atomic mass is 9.87. The molecular weight excluding hydrogens is 404 g/mol. The molecule has 1 aliphatic heterocycles. The minimum absolute atomic E-state index is 0.0770. The summed E-state index contributed by atoms with van der Waals surface area (Å²) in [6.07, 6.45) is 4.17. The average Bonchev–Trinajstić information content (AvgIpc) is 3.22. The molecule has 2 aliphatic rings. The molecule has 2 aromatic carbocycles. The number of hydrogen-bond donors (Lipinski definition) is 1. The van der Waals surface area contributed by atoms with Crippen molar-refractivity contribution in [2.24, 2.45) is 0 Å². The van der Waals surface area contributed by atoms with Gasteiger partial charge in [0.25, 0.3) is 0 Å². The first kappa shape index (κ1) is 20.5. The first-order valence-corrected chi connectivity index (χ1v) is 12.1. The van der Waals surface area contributed by atoms with Crippen LogP contribution in [0.15, 0.2) is 42.5 Å². The molecule has 1 aliphatic carbocycles. The number of rotatable bonds is 5. The Balaban J connectivity index is 1.14. The Labute approximate surface area is 188 Å². The molecule has 5 nitrogen and oxygen atoms in total. The van der Waals surface area contributed by atoms with Gasteiger partial charge in [-0.05, 0) is 66.0 Å².